The largest absolute Gasteiger partial charge is 0.393 e. The first kappa shape index (κ1) is 33.7. The Morgan fingerprint density at radius 2 is 1.41 bits per heavy atom. The molecule has 240 valence electrons. The maximum atomic E-state index is 11.6. The summed E-state index contributed by atoms with van der Waals surface area (Å²) in [5, 5.41) is 22.6. The number of aliphatic hydroxyl groups excluding tert-OH is 1. The number of hydrogen-bond acceptors (Lipinski definition) is 5. The van der Waals surface area contributed by atoms with Gasteiger partial charge in [0.15, 0.2) is 0 Å². The molecule has 4 rings (SSSR count). The molecule has 0 aromatic rings. The summed E-state index contributed by atoms with van der Waals surface area (Å²) in [7, 11) is 0. The van der Waals surface area contributed by atoms with Gasteiger partial charge in [-0.1, -0.05) is 47.0 Å². The highest BCUT2D eigenvalue weighted by molar-refractivity contribution is 5.11. The fourth-order valence-corrected chi connectivity index (χ4v) is 10.5. The van der Waals surface area contributed by atoms with E-state index in [2.05, 4.69) is 43.6 Å². The van der Waals surface area contributed by atoms with Crippen molar-refractivity contribution < 1.29 is 5.11 Å². The third-order valence-corrected chi connectivity index (χ3v) is 12.9. The van der Waals surface area contributed by atoms with Crippen LogP contribution in [0.4, 0.5) is 0 Å². The molecule has 0 amide bonds. The first-order chi connectivity index (χ1) is 19.8. The molecule has 0 aromatic carbocycles. The second-order valence-electron chi connectivity index (χ2n) is 15.9. The van der Waals surface area contributed by atoms with E-state index in [-0.39, 0.29) is 6.10 Å². The lowest BCUT2D eigenvalue weighted by molar-refractivity contribution is -0.161. The van der Waals surface area contributed by atoms with Gasteiger partial charge in [0.05, 0.1) is 6.10 Å². The maximum Gasteiger partial charge on any atom is 0.0577 e. The fourth-order valence-electron chi connectivity index (χ4n) is 10.5. The number of rotatable bonds is 18. The van der Waals surface area contributed by atoms with Crippen molar-refractivity contribution in [3.63, 3.8) is 0 Å². The molecule has 5 heteroatoms. The van der Waals surface area contributed by atoms with Gasteiger partial charge < -0.3 is 26.8 Å². The zero-order valence-electron chi connectivity index (χ0n) is 27.7. The molecule has 41 heavy (non-hydrogen) atoms. The summed E-state index contributed by atoms with van der Waals surface area (Å²) in [6.45, 7) is 16.3. The molecule has 4 fully saturated rings. The molecule has 9 atom stereocenters. The topological polar surface area (TPSA) is 82.3 Å². The lowest BCUT2D eigenvalue weighted by atomic mass is 9.44. The molecule has 5 nitrogen and oxygen atoms in total. The van der Waals surface area contributed by atoms with Gasteiger partial charge in [-0.2, -0.15) is 0 Å². The third kappa shape index (κ3) is 8.50. The summed E-state index contributed by atoms with van der Waals surface area (Å²) in [5.74, 6) is 4.74. The first-order valence-electron chi connectivity index (χ1n) is 18.3. The highest BCUT2D eigenvalue weighted by Crippen LogP contribution is 2.67. The summed E-state index contributed by atoms with van der Waals surface area (Å²) < 4.78 is 0. The van der Waals surface area contributed by atoms with Crippen molar-refractivity contribution >= 4 is 0 Å². The van der Waals surface area contributed by atoms with Crippen LogP contribution in [0.5, 0.6) is 0 Å². The molecule has 4 saturated carbocycles. The minimum Gasteiger partial charge on any atom is -0.393 e. The molecule has 0 spiro atoms. The molecule has 6 N–H and O–H groups in total. The van der Waals surface area contributed by atoms with Crippen LogP contribution in [0.1, 0.15) is 130 Å². The summed E-state index contributed by atoms with van der Waals surface area (Å²) >= 11 is 0. The van der Waals surface area contributed by atoms with Crippen LogP contribution in [0.15, 0.2) is 0 Å². The van der Waals surface area contributed by atoms with Crippen LogP contribution in [-0.2, 0) is 0 Å². The minimum absolute atomic E-state index is 0.0928. The van der Waals surface area contributed by atoms with Crippen molar-refractivity contribution in [2.75, 3.05) is 39.3 Å². The molecule has 4 aliphatic carbocycles. The van der Waals surface area contributed by atoms with Gasteiger partial charge in [0, 0.05) is 6.04 Å². The Morgan fingerprint density at radius 1 is 0.732 bits per heavy atom. The van der Waals surface area contributed by atoms with Gasteiger partial charge in [0.2, 0.25) is 0 Å². The van der Waals surface area contributed by atoms with E-state index >= 15 is 0 Å². The normalized spacial score (nSPS) is 38.6. The number of fused-ring (bicyclic) bond motifs is 5. The second kappa shape index (κ2) is 16.2. The molecule has 0 aromatic heterocycles. The van der Waals surface area contributed by atoms with Crippen molar-refractivity contribution in [2.24, 2.45) is 52.1 Å². The van der Waals surface area contributed by atoms with Gasteiger partial charge in [0.1, 0.15) is 0 Å². The van der Waals surface area contributed by atoms with E-state index in [0.717, 1.165) is 81.7 Å². The van der Waals surface area contributed by atoms with Crippen molar-refractivity contribution in [3.8, 4) is 0 Å². The third-order valence-electron chi connectivity index (χ3n) is 12.9. The quantitative estimate of drug-likeness (QED) is 0.121. The molecular formula is C36H70N4O. The minimum atomic E-state index is -0.0928. The summed E-state index contributed by atoms with van der Waals surface area (Å²) in [5.41, 5.74) is 6.42. The summed E-state index contributed by atoms with van der Waals surface area (Å²) in [6.07, 6.45) is 21.0. The van der Waals surface area contributed by atoms with Crippen LogP contribution in [0.25, 0.3) is 0 Å². The Hall–Kier alpha value is -0.200. The second-order valence-corrected chi connectivity index (χ2v) is 15.9. The smallest absolute Gasteiger partial charge is 0.0577 e. The van der Waals surface area contributed by atoms with Crippen LogP contribution in [0.2, 0.25) is 0 Å². The predicted molar refractivity (Wildman–Crippen MR) is 175 cm³/mol. The van der Waals surface area contributed by atoms with Crippen LogP contribution in [0, 0.1) is 46.3 Å². The van der Waals surface area contributed by atoms with Crippen molar-refractivity contribution in [3.05, 3.63) is 0 Å². The molecule has 0 aliphatic heterocycles. The van der Waals surface area contributed by atoms with E-state index in [9.17, 15) is 5.11 Å². The van der Waals surface area contributed by atoms with Crippen LogP contribution in [-0.4, -0.2) is 56.5 Å². The summed E-state index contributed by atoms with van der Waals surface area (Å²) in [4.78, 5) is 0. The number of aliphatic hydroxyl groups is 1. The Bertz CT molecular complexity index is 747. The van der Waals surface area contributed by atoms with Gasteiger partial charge in [-0.25, -0.2) is 0 Å². The monoisotopic (exact) mass is 575 g/mol. The molecule has 4 aliphatic rings. The zero-order valence-corrected chi connectivity index (χ0v) is 27.7. The Kier molecular flexibility index (Phi) is 13.3. The first-order valence-corrected chi connectivity index (χ1v) is 18.3. The highest BCUT2D eigenvalue weighted by atomic mass is 16.3. The van der Waals surface area contributed by atoms with Gasteiger partial charge in [0.25, 0.3) is 0 Å². The average molecular weight is 575 g/mol. The van der Waals surface area contributed by atoms with Crippen LogP contribution >= 0.6 is 0 Å². The van der Waals surface area contributed by atoms with Gasteiger partial charge >= 0.3 is 0 Å². The van der Waals surface area contributed by atoms with E-state index in [1.807, 2.05) is 0 Å². The van der Waals surface area contributed by atoms with Gasteiger partial charge in [-0.05, 0) is 169 Å². The number of hydrogen-bond donors (Lipinski definition) is 5. The molecular weight excluding hydrogens is 504 g/mol. The van der Waals surface area contributed by atoms with Gasteiger partial charge in [-0.3, -0.25) is 0 Å². The van der Waals surface area contributed by atoms with Gasteiger partial charge in [-0.15, -0.1) is 0 Å². The highest BCUT2D eigenvalue weighted by Gasteiger charge is 2.61. The zero-order chi connectivity index (χ0) is 29.3. The van der Waals surface area contributed by atoms with E-state index in [1.165, 1.54) is 89.9 Å². The van der Waals surface area contributed by atoms with Crippen molar-refractivity contribution in [2.45, 2.75) is 143 Å². The Balaban J connectivity index is 1.17. The SMILES string of the molecule is CC(C)CCCC[C@H]1CCC2C3C[C@@H](O)[C@H]4CC(NCCCNCCCCNCCCN)CC[C@]4(C)C3CCC21C. The average Bonchev–Trinajstić information content (AvgIpc) is 3.28. The lowest BCUT2D eigenvalue weighted by Crippen LogP contribution is -2.59. The van der Waals surface area contributed by atoms with Crippen molar-refractivity contribution in [1.29, 1.82) is 0 Å². The van der Waals surface area contributed by atoms with E-state index in [0.29, 0.717) is 22.8 Å². The Morgan fingerprint density at radius 3 is 2.15 bits per heavy atom. The fraction of sp³-hybridized carbons (Fsp3) is 1.00. The van der Waals surface area contributed by atoms with E-state index < -0.39 is 0 Å². The lowest BCUT2D eigenvalue weighted by Gasteiger charge is -2.62. The van der Waals surface area contributed by atoms with E-state index in [4.69, 9.17) is 5.73 Å². The molecule has 5 unspecified atom stereocenters. The van der Waals surface area contributed by atoms with Crippen LogP contribution in [0.3, 0.4) is 0 Å². The maximum absolute atomic E-state index is 11.6. The number of unbranched alkanes of at least 4 members (excludes halogenated alkanes) is 2. The number of nitrogens with two attached hydrogens (primary N) is 1. The van der Waals surface area contributed by atoms with Crippen molar-refractivity contribution in [1.82, 2.24) is 16.0 Å². The molecule has 0 heterocycles. The standard InChI is InChI=1S/C36H70N4O/c1-27(2)11-5-6-12-28-13-14-31-30-26-34(41)33-25-29(15-17-36(33,4)32(30)16-18-35(28,31)3)40-24-10-23-39-21-8-7-20-38-22-9-19-37/h27-34,38-41H,5-26,37H2,1-4H3/t28-,29?,30?,31?,32?,33+,34+,35?,36+/m0/s1. The van der Waals surface area contributed by atoms with E-state index in [1.54, 1.807) is 0 Å². The summed E-state index contributed by atoms with van der Waals surface area (Å²) in [6, 6.07) is 0.592. The molecule has 0 radical (unpaired) electrons. The number of nitrogens with one attached hydrogen (secondary N) is 3. The predicted octanol–water partition coefficient (Wildman–Crippen LogP) is 6.49. The molecule has 0 saturated heterocycles. The Labute approximate surface area is 254 Å². The molecule has 0 bridgehead atoms. The van der Waals surface area contributed by atoms with Crippen LogP contribution < -0.4 is 21.7 Å².